The molecule has 98 valence electrons. The van der Waals surface area contributed by atoms with Crippen molar-refractivity contribution in [3.63, 3.8) is 0 Å². The van der Waals surface area contributed by atoms with Crippen molar-refractivity contribution < 1.29 is 13.7 Å². The summed E-state index contributed by atoms with van der Waals surface area (Å²) in [5, 5.41) is 0. The Morgan fingerprint density at radius 2 is 1.61 bits per heavy atom. The molecule has 18 heavy (non-hydrogen) atoms. The van der Waals surface area contributed by atoms with Gasteiger partial charge in [0.1, 0.15) is 5.82 Å². The van der Waals surface area contributed by atoms with E-state index in [0.717, 1.165) is 17.4 Å². The maximum absolute atomic E-state index is 13.5. The summed E-state index contributed by atoms with van der Waals surface area (Å²) in [4.78, 5) is 0. The van der Waals surface area contributed by atoms with Gasteiger partial charge in [0.2, 0.25) is 0 Å². The van der Waals surface area contributed by atoms with Gasteiger partial charge in [0.05, 0.1) is 11.2 Å². The number of aryl methyl sites for hydroxylation is 1. The molecule has 0 saturated carbocycles. The first-order chi connectivity index (χ1) is 8.25. The molecule has 0 radical (unpaired) electrons. The van der Waals surface area contributed by atoms with Crippen molar-refractivity contribution in [2.75, 3.05) is 0 Å². The molecule has 4 heteroatoms. The molecule has 1 heterocycles. The summed E-state index contributed by atoms with van der Waals surface area (Å²) in [5.74, 6) is -0.237. The van der Waals surface area contributed by atoms with Gasteiger partial charge in [0, 0.05) is 0 Å². The molecule has 0 spiro atoms. The fraction of sp³-hybridized carbons (Fsp3) is 0.571. The van der Waals surface area contributed by atoms with Crippen LogP contribution in [0.2, 0.25) is 0 Å². The van der Waals surface area contributed by atoms with Crippen molar-refractivity contribution in [1.29, 1.82) is 0 Å². The molecule has 1 fully saturated rings. The van der Waals surface area contributed by atoms with Gasteiger partial charge in [-0.3, -0.25) is 0 Å². The second-order valence-corrected chi connectivity index (χ2v) is 5.83. The van der Waals surface area contributed by atoms with Crippen LogP contribution in [0.1, 0.15) is 40.2 Å². The predicted octanol–water partition coefficient (Wildman–Crippen LogP) is 2.69. The molecule has 0 amide bonds. The first kappa shape index (κ1) is 13.6. The molecule has 1 aromatic rings. The number of hydrogen-bond acceptors (Lipinski definition) is 2. The van der Waals surface area contributed by atoms with E-state index in [1.807, 2.05) is 40.7 Å². The lowest BCUT2D eigenvalue weighted by molar-refractivity contribution is 0.00578. The predicted molar refractivity (Wildman–Crippen MR) is 71.5 cm³/mol. The summed E-state index contributed by atoms with van der Waals surface area (Å²) in [6.45, 7) is 9.98. The van der Waals surface area contributed by atoms with Crippen molar-refractivity contribution in [3.8, 4) is 0 Å². The van der Waals surface area contributed by atoms with Crippen LogP contribution < -0.4 is 5.46 Å². The lowest BCUT2D eigenvalue weighted by Crippen LogP contribution is -2.41. The molecule has 0 aliphatic carbocycles. The minimum Gasteiger partial charge on any atom is -0.399 e. The van der Waals surface area contributed by atoms with Gasteiger partial charge in [-0.05, 0) is 57.3 Å². The first-order valence-corrected chi connectivity index (χ1v) is 6.40. The van der Waals surface area contributed by atoms with Gasteiger partial charge in [-0.15, -0.1) is 0 Å². The van der Waals surface area contributed by atoms with Gasteiger partial charge >= 0.3 is 7.12 Å². The second-order valence-electron chi connectivity index (χ2n) is 5.83. The van der Waals surface area contributed by atoms with Crippen LogP contribution in [0.15, 0.2) is 18.2 Å². The van der Waals surface area contributed by atoms with Crippen LogP contribution in [-0.4, -0.2) is 18.3 Å². The Balaban J connectivity index is 2.32. The number of halogens is 1. The smallest absolute Gasteiger partial charge is 0.399 e. The molecule has 1 aliphatic rings. The molecule has 1 aromatic carbocycles. The normalized spacial score (nSPS) is 21.3. The van der Waals surface area contributed by atoms with Gasteiger partial charge in [0.15, 0.2) is 0 Å². The Kier molecular flexibility index (Phi) is 3.28. The maximum atomic E-state index is 13.5. The van der Waals surface area contributed by atoms with Crippen LogP contribution in [0.25, 0.3) is 0 Å². The van der Waals surface area contributed by atoms with Crippen molar-refractivity contribution in [2.45, 2.75) is 52.2 Å². The highest BCUT2D eigenvalue weighted by atomic mass is 19.1. The summed E-state index contributed by atoms with van der Waals surface area (Å²) in [6, 6.07) is 4.99. The minimum atomic E-state index is -0.490. The Labute approximate surface area is 109 Å². The molecule has 2 nitrogen and oxygen atoms in total. The lowest BCUT2D eigenvalue weighted by atomic mass is 9.78. The second kappa shape index (κ2) is 4.35. The van der Waals surface area contributed by atoms with Crippen LogP contribution in [-0.2, 0) is 15.7 Å². The quantitative estimate of drug-likeness (QED) is 0.751. The first-order valence-electron chi connectivity index (χ1n) is 6.40. The molecule has 2 rings (SSSR count). The van der Waals surface area contributed by atoms with Crippen molar-refractivity contribution >= 4 is 12.6 Å². The van der Waals surface area contributed by atoms with E-state index in [1.165, 1.54) is 6.07 Å². The molecule has 0 N–H and O–H groups in total. The van der Waals surface area contributed by atoms with Crippen LogP contribution in [0.3, 0.4) is 0 Å². The fourth-order valence-corrected chi connectivity index (χ4v) is 1.99. The molecule has 0 bridgehead atoms. The van der Waals surface area contributed by atoms with E-state index in [1.54, 1.807) is 6.07 Å². The Morgan fingerprint density at radius 3 is 2.11 bits per heavy atom. The summed E-state index contributed by atoms with van der Waals surface area (Å²) < 4.78 is 25.4. The summed E-state index contributed by atoms with van der Waals surface area (Å²) in [6.07, 6.45) is 0.796. The van der Waals surface area contributed by atoms with Crippen LogP contribution in [0, 0.1) is 5.82 Å². The van der Waals surface area contributed by atoms with E-state index >= 15 is 0 Å². The molecule has 0 atom stereocenters. The molecule has 1 saturated heterocycles. The SMILES string of the molecule is CCc1cc(F)cc(B2OC(C)(C)C(C)(C)O2)c1. The summed E-state index contributed by atoms with van der Waals surface area (Å²) >= 11 is 0. The molecule has 0 unspecified atom stereocenters. The molecule has 1 aliphatic heterocycles. The third-order valence-corrected chi connectivity index (χ3v) is 3.91. The van der Waals surface area contributed by atoms with Gasteiger partial charge < -0.3 is 9.31 Å². The van der Waals surface area contributed by atoms with E-state index < -0.39 is 18.3 Å². The standard InChI is InChI=1S/C14H20BFO2/c1-6-10-7-11(9-12(16)8-10)15-17-13(2,3)14(4,5)18-15/h7-9H,6H2,1-5H3. The number of benzene rings is 1. The molecular formula is C14H20BFO2. The van der Waals surface area contributed by atoms with Crippen LogP contribution in [0.5, 0.6) is 0 Å². The zero-order valence-corrected chi connectivity index (χ0v) is 11.7. The summed E-state index contributed by atoms with van der Waals surface area (Å²) in [5.41, 5.74) is 0.928. The third-order valence-electron chi connectivity index (χ3n) is 3.91. The lowest BCUT2D eigenvalue weighted by Gasteiger charge is -2.32. The fourth-order valence-electron chi connectivity index (χ4n) is 1.99. The van der Waals surface area contributed by atoms with Gasteiger partial charge in [0.25, 0.3) is 0 Å². The number of rotatable bonds is 2. The highest BCUT2D eigenvalue weighted by Crippen LogP contribution is 2.36. The zero-order chi connectivity index (χ0) is 13.6. The van der Waals surface area contributed by atoms with Gasteiger partial charge in [-0.1, -0.05) is 13.0 Å². The third kappa shape index (κ3) is 2.32. The molecular weight excluding hydrogens is 230 g/mol. The van der Waals surface area contributed by atoms with Gasteiger partial charge in [-0.25, -0.2) is 4.39 Å². The average Bonchev–Trinajstić information content (AvgIpc) is 2.47. The van der Waals surface area contributed by atoms with Crippen LogP contribution in [0.4, 0.5) is 4.39 Å². The molecule has 0 aromatic heterocycles. The Hall–Kier alpha value is -0.865. The Bertz CT molecular complexity index is 441. The highest BCUT2D eigenvalue weighted by Gasteiger charge is 2.51. The van der Waals surface area contributed by atoms with Crippen molar-refractivity contribution in [2.24, 2.45) is 0 Å². The monoisotopic (exact) mass is 250 g/mol. The average molecular weight is 250 g/mol. The zero-order valence-electron chi connectivity index (χ0n) is 11.7. The largest absolute Gasteiger partial charge is 0.494 e. The Morgan fingerprint density at radius 1 is 1.06 bits per heavy atom. The van der Waals surface area contributed by atoms with E-state index in [4.69, 9.17) is 9.31 Å². The highest BCUT2D eigenvalue weighted by molar-refractivity contribution is 6.62. The van der Waals surface area contributed by atoms with Crippen molar-refractivity contribution in [1.82, 2.24) is 0 Å². The van der Waals surface area contributed by atoms with E-state index in [0.29, 0.717) is 0 Å². The topological polar surface area (TPSA) is 18.5 Å². The van der Waals surface area contributed by atoms with E-state index in [2.05, 4.69) is 0 Å². The van der Waals surface area contributed by atoms with Gasteiger partial charge in [-0.2, -0.15) is 0 Å². The maximum Gasteiger partial charge on any atom is 0.494 e. The van der Waals surface area contributed by atoms with Crippen molar-refractivity contribution in [3.05, 3.63) is 29.6 Å². The van der Waals surface area contributed by atoms with Crippen LogP contribution >= 0.6 is 0 Å². The van der Waals surface area contributed by atoms with E-state index in [-0.39, 0.29) is 5.82 Å². The summed E-state index contributed by atoms with van der Waals surface area (Å²) in [7, 11) is -0.490. The minimum absolute atomic E-state index is 0.237. The number of hydrogen-bond donors (Lipinski definition) is 0. The van der Waals surface area contributed by atoms with E-state index in [9.17, 15) is 4.39 Å².